The van der Waals surface area contributed by atoms with Gasteiger partial charge in [0.2, 0.25) is 0 Å². The molecule has 0 N–H and O–H groups in total. The molecule has 0 atom stereocenters. The van der Waals surface area contributed by atoms with Crippen LogP contribution in [-0.4, -0.2) is 32.2 Å². The molecule has 18 heavy (non-hydrogen) atoms. The minimum Gasteiger partial charge on any atom is -0.117 e. The highest BCUT2D eigenvalue weighted by atomic mass is 32.3. The molecule has 4 heterocycles. The summed E-state index contributed by atoms with van der Waals surface area (Å²) in [6.07, 6.45) is 0. The van der Waals surface area contributed by atoms with Crippen molar-refractivity contribution in [3.8, 4) is 0 Å². The van der Waals surface area contributed by atoms with Crippen molar-refractivity contribution in [2.75, 3.05) is 23.0 Å². The standard InChI is InChI=1S/C10H10S8/c1-2-12-6-5(11-1)15-9(16-6)10-17-7-8(18-10)14-4-3-13-7/h9-10H,1-4H2. The molecule has 4 rings (SSSR count). The molecule has 0 aliphatic carbocycles. The van der Waals surface area contributed by atoms with Crippen LogP contribution in [0.15, 0.2) is 16.9 Å². The normalized spacial score (nSPS) is 30.0. The largest absolute Gasteiger partial charge is 0.117 e. The number of hydrogen-bond donors (Lipinski definition) is 0. The van der Waals surface area contributed by atoms with E-state index < -0.39 is 0 Å². The van der Waals surface area contributed by atoms with Crippen molar-refractivity contribution < 1.29 is 0 Å². The first-order chi connectivity index (χ1) is 8.90. The maximum Gasteiger partial charge on any atom is 0.0825 e. The first kappa shape index (κ1) is 13.9. The average Bonchev–Trinajstić information content (AvgIpc) is 3.02. The highest BCUT2D eigenvalue weighted by molar-refractivity contribution is 8.42. The van der Waals surface area contributed by atoms with E-state index in [1.807, 2.05) is 0 Å². The van der Waals surface area contributed by atoms with Gasteiger partial charge in [0.05, 0.1) is 26.1 Å². The van der Waals surface area contributed by atoms with Gasteiger partial charge in [0.1, 0.15) is 0 Å². The van der Waals surface area contributed by atoms with Crippen LogP contribution in [0.5, 0.6) is 0 Å². The van der Waals surface area contributed by atoms with Gasteiger partial charge in [-0.05, 0) is 0 Å². The molecule has 4 aliphatic rings. The van der Waals surface area contributed by atoms with Crippen LogP contribution < -0.4 is 0 Å². The summed E-state index contributed by atoms with van der Waals surface area (Å²) in [7, 11) is 0. The van der Waals surface area contributed by atoms with E-state index >= 15 is 0 Å². The van der Waals surface area contributed by atoms with Crippen LogP contribution in [0.25, 0.3) is 0 Å². The van der Waals surface area contributed by atoms with Crippen LogP contribution in [0.2, 0.25) is 0 Å². The zero-order valence-electron chi connectivity index (χ0n) is 9.25. The number of hydrogen-bond acceptors (Lipinski definition) is 8. The number of thioether (sulfide) groups is 8. The molecular formula is C10H10S8. The van der Waals surface area contributed by atoms with Crippen molar-refractivity contribution in [3.05, 3.63) is 16.9 Å². The molecule has 0 aromatic heterocycles. The lowest BCUT2D eigenvalue weighted by atomic mass is 10.9. The van der Waals surface area contributed by atoms with Crippen LogP contribution in [0.1, 0.15) is 0 Å². The summed E-state index contributed by atoms with van der Waals surface area (Å²) in [5.41, 5.74) is 0. The Kier molecular flexibility index (Phi) is 4.78. The van der Waals surface area contributed by atoms with Crippen molar-refractivity contribution in [1.82, 2.24) is 0 Å². The Hall–Kier alpha value is 2.28. The summed E-state index contributed by atoms with van der Waals surface area (Å²) in [4.78, 5) is 0. The van der Waals surface area contributed by atoms with Crippen molar-refractivity contribution in [1.29, 1.82) is 0 Å². The van der Waals surface area contributed by atoms with E-state index in [1.165, 1.54) is 23.0 Å². The van der Waals surface area contributed by atoms with Gasteiger partial charge in [0.15, 0.2) is 0 Å². The molecular weight excluding hydrogens is 377 g/mol. The van der Waals surface area contributed by atoms with Gasteiger partial charge in [-0.2, -0.15) is 0 Å². The van der Waals surface area contributed by atoms with Gasteiger partial charge in [-0.3, -0.25) is 0 Å². The third-order valence-corrected chi connectivity index (χ3v) is 15.7. The molecule has 0 unspecified atom stereocenters. The molecule has 4 aliphatic heterocycles. The maximum atomic E-state index is 2.14. The quantitative estimate of drug-likeness (QED) is 0.546. The lowest BCUT2D eigenvalue weighted by molar-refractivity contribution is 1.39. The Morgan fingerprint density at radius 1 is 0.500 bits per heavy atom. The van der Waals surface area contributed by atoms with Crippen molar-refractivity contribution in [2.24, 2.45) is 0 Å². The average molecular weight is 387 g/mol. The second kappa shape index (κ2) is 6.18. The first-order valence-electron chi connectivity index (χ1n) is 5.56. The molecule has 0 aromatic rings. The topological polar surface area (TPSA) is 0 Å². The zero-order valence-corrected chi connectivity index (χ0v) is 15.8. The first-order valence-corrected chi connectivity index (χ1v) is 13.0. The molecule has 0 saturated carbocycles. The zero-order chi connectivity index (χ0) is 11.9. The third-order valence-electron chi connectivity index (χ3n) is 2.55. The monoisotopic (exact) mass is 386 g/mol. The fourth-order valence-corrected chi connectivity index (χ4v) is 15.5. The van der Waals surface area contributed by atoms with Gasteiger partial charge in [-0.25, -0.2) is 0 Å². The third kappa shape index (κ3) is 2.78. The van der Waals surface area contributed by atoms with Crippen LogP contribution in [-0.2, 0) is 0 Å². The summed E-state index contributed by atoms with van der Waals surface area (Å²) in [6.45, 7) is 0. The van der Waals surface area contributed by atoms with Gasteiger partial charge in [-0.15, -0.1) is 94.1 Å². The molecule has 0 saturated heterocycles. The summed E-state index contributed by atoms with van der Waals surface area (Å²) < 4.78 is 7.94. The molecule has 0 radical (unpaired) electrons. The summed E-state index contributed by atoms with van der Waals surface area (Å²) in [5, 5.41) is 0. The molecule has 0 amide bonds. The minimum atomic E-state index is 0.731. The van der Waals surface area contributed by atoms with E-state index in [-0.39, 0.29) is 0 Å². The molecule has 8 heteroatoms. The molecule has 0 fully saturated rings. The summed E-state index contributed by atoms with van der Waals surface area (Å²) >= 11 is 16.9. The SMILES string of the molecule is C1CSC2=C(S1)SC(C1SC3=C(SCCS3)S1)S2. The Morgan fingerprint density at radius 2 is 0.778 bits per heavy atom. The molecule has 0 aromatic carbocycles. The van der Waals surface area contributed by atoms with Gasteiger partial charge in [0, 0.05) is 23.0 Å². The van der Waals surface area contributed by atoms with Crippen molar-refractivity contribution in [2.45, 2.75) is 9.16 Å². The second-order valence-corrected chi connectivity index (χ2v) is 14.4. The Labute approximate surface area is 142 Å². The van der Waals surface area contributed by atoms with Gasteiger partial charge >= 0.3 is 0 Å². The predicted molar refractivity (Wildman–Crippen MR) is 102 cm³/mol. The fourth-order valence-electron chi connectivity index (χ4n) is 1.79. The van der Waals surface area contributed by atoms with Crippen molar-refractivity contribution in [3.63, 3.8) is 0 Å². The second-order valence-electron chi connectivity index (χ2n) is 3.75. The fraction of sp³-hybridized carbons (Fsp3) is 0.600. The molecule has 0 spiro atoms. The molecule has 98 valence electrons. The van der Waals surface area contributed by atoms with Crippen LogP contribution in [0.4, 0.5) is 0 Å². The van der Waals surface area contributed by atoms with Crippen LogP contribution >= 0.6 is 94.1 Å². The lowest BCUT2D eigenvalue weighted by Crippen LogP contribution is -2.07. The van der Waals surface area contributed by atoms with Gasteiger partial charge in [-0.1, -0.05) is 0 Å². The van der Waals surface area contributed by atoms with E-state index in [2.05, 4.69) is 94.1 Å². The lowest BCUT2D eigenvalue weighted by Gasteiger charge is -2.15. The summed E-state index contributed by atoms with van der Waals surface area (Å²) in [6, 6.07) is 0. The maximum absolute atomic E-state index is 2.14. The highest BCUT2D eigenvalue weighted by Crippen LogP contribution is 2.66. The van der Waals surface area contributed by atoms with E-state index in [4.69, 9.17) is 0 Å². The van der Waals surface area contributed by atoms with E-state index in [1.54, 1.807) is 16.9 Å². The Bertz CT molecular complexity index is 352. The van der Waals surface area contributed by atoms with Crippen LogP contribution in [0, 0.1) is 0 Å². The molecule has 0 bridgehead atoms. The Morgan fingerprint density at radius 3 is 1.06 bits per heavy atom. The van der Waals surface area contributed by atoms with E-state index in [0.29, 0.717) is 0 Å². The number of rotatable bonds is 1. The Balaban J connectivity index is 1.42. The highest BCUT2D eigenvalue weighted by Gasteiger charge is 2.40. The van der Waals surface area contributed by atoms with E-state index in [9.17, 15) is 0 Å². The summed E-state index contributed by atoms with van der Waals surface area (Å²) in [5.74, 6) is 5.20. The van der Waals surface area contributed by atoms with E-state index in [0.717, 1.165) is 9.16 Å². The van der Waals surface area contributed by atoms with Crippen molar-refractivity contribution >= 4 is 94.1 Å². The van der Waals surface area contributed by atoms with Crippen LogP contribution in [0.3, 0.4) is 0 Å². The molecule has 0 nitrogen and oxygen atoms in total. The smallest absolute Gasteiger partial charge is 0.0825 e. The predicted octanol–water partition coefficient (Wildman–Crippen LogP) is 5.81. The van der Waals surface area contributed by atoms with Gasteiger partial charge < -0.3 is 0 Å². The van der Waals surface area contributed by atoms with Gasteiger partial charge in [0.25, 0.3) is 0 Å². The minimum absolute atomic E-state index is 0.731.